The van der Waals surface area contributed by atoms with Crippen LogP contribution < -0.4 is 15.0 Å². The second-order valence-corrected chi connectivity index (χ2v) is 8.80. The minimum absolute atomic E-state index is 0.0349. The number of piperazine rings is 1. The summed E-state index contributed by atoms with van der Waals surface area (Å²) in [6.45, 7) is 8.44. The quantitative estimate of drug-likeness (QED) is 0.629. The maximum atomic E-state index is 12.1. The van der Waals surface area contributed by atoms with Crippen LogP contribution in [0.2, 0.25) is 0 Å². The molecule has 2 aromatic carbocycles. The summed E-state index contributed by atoms with van der Waals surface area (Å²) in [5.74, 6) is 0.771. The lowest BCUT2D eigenvalue weighted by Crippen LogP contribution is -2.46. The van der Waals surface area contributed by atoms with Crippen molar-refractivity contribution in [2.75, 3.05) is 50.8 Å². The van der Waals surface area contributed by atoms with Gasteiger partial charge in [0.05, 0.1) is 0 Å². The number of nitrogens with one attached hydrogen (secondary N) is 1. The molecule has 1 aliphatic heterocycles. The number of unbranched alkanes of at least 4 members (excludes halogenated alkanes) is 1. The fourth-order valence-corrected chi connectivity index (χ4v) is 4.58. The minimum Gasteiger partial charge on any atom is -0.484 e. The molecule has 4 rings (SSSR count). The zero-order chi connectivity index (χ0) is 21.5. The van der Waals surface area contributed by atoms with Crippen molar-refractivity contribution in [1.29, 1.82) is 0 Å². The fraction of sp³-hybridized carbons (Fsp3) is 0.500. The predicted molar refractivity (Wildman–Crippen MR) is 126 cm³/mol. The van der Waals surface area contributed by atoms with E-state index >= 15 is 0 Å². The van der Waals surface area contributed by atoms with Gasteiger partial charge in [0.25, 0.3) is 5.91 Å². The number of carbonyl (C=O) groups excluding carboxylic acids is 1. The van der Waals surface area contributed by atoms with Crippen molar-refractivity contribution in [2.45, 2.75) is 39.0 Å². The van der Waals surface area contributed by atoms with E-state index in [4.69, 9.17) is 4.74 Å². The third-order valence-electron chi connectivity index (χ3n) is 6.40. The molecular formula is C26H35N3O2. The number of rotatable bonds is 9. The number of aryl methyl sites for hydroxylation is 3. The molecule has 0 radical (unpaired) electrons. The third kappa shape index (κ3) is 6.23. The summed E-state index contributed by atoms with van der Waals surface area (Å²) >= 11 is 0. The molecule has 0 saturated carbocycles. The molecule has 1 fully saturated rings. The van der Waals surface area contributed by atoms with E-state index in [1.165, 1.54) is 35.2 Å². The maximum absolute atomic E-state index is 12.1. The summed E-state index contributed by atoms with van der Waals surface area (Å²) < 4.78 is 5.67. The van der Waals surface area contributed by atoms with E-state index in [0.717, 1.165) is 64.3 Å². The van der Waals surface area contributed by atoms with Gasteiger partial charge in [-0.25, -0.2) is 0 Å². The summed E-state index contributed by atoms with van der Waals surface area (Å²) in [6.07, 6.45) is 5.62. The normalized spacial score (nSPS) is 16.2. The first-order valence-corrected chi connectivity index (χ1v) is 11.7. The molecule has 0 bridgehead atoms. The van der Waals surface area contributed by atoms with Crippen molar-refractivity contribution in [3.8, 4) is 5.75 Å². The molecule has 0 spiro atoms. The lowest BCUT2D eigenvalue weighted by Gasteiger charge is -2.36. The van der Waals surface area contributed by atoms with E-state index in [1.54, 1.807) is 0 Å². The molecule has 1 N–H and O–H groups in total. The van der Waals surface area contributed by atoms with Crippen LogP contribution in [0.4, 0.5) is 5.69 Å². The van der Waals surface area contributed by atoms with E-state index in [2.05, 4.69) is 58.4 Å². The van der Waals surface area contributed by atoms with Crippen molar-refractivity contribution in [2.24, 2.45) is 0 Å². The number of hydrogen-bond acceptors (Lipinski definition) is 4. The van der Waals surface area contributed by atoms with Gasteiger partial charge in [0.15, 0.2) is 6.61 Å². The van der Waals surface area contributed by atoms with Crippen LogP contribution in [0.15, 0.2) is 42.5 Å². The number of amides is 1. The van der Waals surface area contributed by atoms with E-state index in [-0.39, 0.29) is 12.5 Å². The second kappa shape index (κ2) is 10.7. The fourth-order valence-electron chi connectivity index (χ4n) is 4.58. The molecule has 1 saturated heterocycles. The van der Waals surface area contributed by atoms with Gasteiger partial charge < -0.3 is 15.0 Å². The molecule has 1 heterocycles. The van der Waals surface area contributed by atoms with Crippen LogP contribution >= 0.6 is 0 Å². The van der Waals surface area contributed by atoms with Gasteiger partial charge in [-0.3, -0.25) is 9.69 Å². The lowest BCUT2D eigenvalue weighted by molar-refractivity contribution is -0.123. The van der Waals surface area contributed by atoms with Crippen LogP contribution in [0, 0.1) is 6.92 Å². The summed E-state index contributed by atoms with van der Waals surface area (Å²) in [4.78, 5) is 17.1. The van der Waals surface area contributed by atoms with Gasteiger partial charge in [-0.1, -0.05) is 18.2 Å². The Morgan fingerprint density at radius 1 is 1.00 bits per heavy atom. The average Bonchev–Trinajstić information content (AvgIpc) is 3.26. The molecule has 0 atom stereocenters. The molecule has 1 aliphatic carbocycles. The Hall–Kier alpha value is -2.53. The number of nitrogens with zero attached hydrogens (tertiary/aromatic N) is 2. The number of carbonyl (C=O) groups is 1. The Bertz CT molecular complexity index is 875. The van der Waals surface area contributed by atoms with Gasteiger partial charge in [0.2, 0.25) is 0 Å². The van der Waals surface area contributed by atoms with Crippen LogP contribution in [0.3, 0.4) is 0 Å². The van der Waals surface area contributed by atoms with Crippen LogP contribution in [0.1, 0.15) is 36.0 Å². The smallest absolute Gasteiger partial charge is 0.257 e. The first-order chi connectivity index (χ1) is 15.2. The van der Waals surface area contributed by atoms with Gasteiger partial charge in [-0.15, -0.1) is 0 Å². The molecular weight excluding hydrogens is 386 g/mol. The van der Waals surface area contributed by atoms with Gasteiger partial charge in [-0.2, -0.15) is 0 Å². The molecule has 0 aromatic heterocycles. The average molecular weight is 422 g/mol. The van der Waals surface area contributed by atoms with Gasteiger partial charge >= 0.3 is 0 Å². The molecule has 2 aromatic rings. The largest absolute Gasteiger partial charge is 0.484 e. The van der Waals surface area contributed by atoms with Crippen LogP contribution in [0.5, 0.6) is 5.75 Å². The maximum Gasteiger partial charge on any atom is 0.257 e. The second-order valence-electron chi connectivity index (χ2n) is 8.80. The van der Waals surface area contributed by atoms with E-state index < -0.39 is 0 Å². The molecule has 5 nitrogen and oxygen atoms in total. The highest BCUT2D eigenvalue weighted by Gasteiger charge is 2.17. The van der Waals surface area contributed by atoms with Gasteiger partial charge in [-0.05, 0) is 86.5 Å². The monoisotopic (exact) mass is 421 g/mol. The number of benzene rings is 2. The van der Waals surface area contributed by atoms with Crippen LogP contribution in [-0.4, -0.2) is 56.7 Å². The van der Waals surface area contributed by atoms with E-state index in [1.807, 2.05) is 6.07 Å². The number of anilines is 1. The van der Waals surface area contributed by atoms with Crippen molar-refractivity contribution >= 4 is 11.6 Å². The van der Waals surface area contributed by atoms with Crippen molar-refractivity contribution in [3.63, 3.8) is 0 Å². The van der Waals surface area contributed by atoms with Crippen LogP contribution in [0.25, 0.3) is 0 Å². The molecule has 2 aliphatic rings. The highest BCUT2D eigenvalue weighted by molar-refractivity contribution is 5.77. The highest BCUT2D eigenvalue weighted by atomic mass is 16.5. The summed E-state index contributed by atoms with van der Waals surface area (Å²) in [5, 5.41) is 2.99. The van der Waals surface area contributed by atoms with Crippen LogP contribution in [-0.2, 0) is 17.6 Å². The Labute approximate surface area is 186 Å². The minimum atomic E-state index is -0.0349. The molecule has 5 heteroatoms. The predicted octanol–water partition coefficient (Wildman–Crippen LogP) is 3.58. The standard InChI is InChI=1S/C26H35N3O2/c1-21-6-4-9-24(18-21)29-16-14-28(15-17-29)13-3-2-12-27-26(30)20-31-25-11-10-22-7-5-8-23(22)19-25/h4,6,9-11,18-19H,2-3,5,7-8,12-17,20H2,1H3,(H,27,30). The zero-order valence-corrected chi connectivity index (χ0v) is 18.7. The Kier molecular flexibility index (Phi) is 7.47. The highest BCUT2D eigenvalue weighted by Crippen LogP contribution is 2.26. The summed E-state index contributed by atoms with van der Waals surface area (Å²) in [6, 6.07) is 15.0. The molecule has 166 valence electrons. The van der Waals surface area contributed by atoms with Gasteiger partial charge in [0, 0.05) is 38.4 Å². The Balaban J connectivity index is 1.06. The van der Waals surface area contributed by atoms with E-state index in [0.29, 0.717) is 0 Å². The topological polar surface area (TPSA) is 44.8 Å². The Morgan fingerprint density at radius 2 is 1.84 bits per heavy atom. The summed E-state index contributed by atoms with van der Waals surface area (Å²) in [5.41, 5.74) is 5.45. The SMILES string of the molecule is Cc1cccc(N2CCN(CCCCNC(=O)COc3ccc4c(c3)CCC4)CC2)c1. The van der Waals surface area contributed by atoms with Crippen molar-refractivity contribution in [3.05, 3.63) is 59.2 Å². The van der Waals surface area contributed by atoms with Gasteiger partial charge in [0.1, 0.15) is 5.75 Å². The zero-order valence-electron chi connectivity index (χ0n) is 18.7. The first-order valence-electron chi connectivity index (χ1n) is 11.7. The lowest BCUT2D eigenvalue weighted by atomic mass is 10.1. The number of hydrogen-bond donors (Lipinski definition) is 1. The molecule has 31 heavy (non-hydrogen) atoms. The molecule has 1 amide bonds. The van der Waals surface area contributed by atoms with Crippen molar-refractivity contribution < 1.29 is 9.53 Å². The number of fused-ring (bicyclic) bond motifs is 1. The summed E-state index contributed by atoms with van der Waals surface area (Å²) in [7, 11) is 0. The molecule has 0 unspecified atom stereocenters. The van der Waals surface area contributed by atoms with Crippen molar-refractivity contribution in [1.82, 2.24) is 10.2 Å². The van der Waals surface area contributed by atoms with E-state index in [9.17, 15) is 4.79 Å². The third-order valence-corrected chi connectivity index (χ3v) is 6.40. The first kappa shape index (κ1) is 21.7. The Morgan fingerprint density at radius 3 is 2.68 bits per heavy atom. The number of ether oxygens (including phenoxy) is 1.